The fourth-order valence-corrected chi connectivity index (χ4v) is 3.04. The molecule has 1 aromatic rings. The number of allylic oxidation sites excluding steroid dienone is 4. The van der Waals surface area contributed by atoms with Crippen LogP contribution in [0.1, 0.15) is 56.9 Å². The van der Waals surface area contributed by atoms with Crippen LogP contribution in [0.4, 0.5) is 5.69 Å². The highest BCUT2D eigenvalue weighted by atomic mass is 16.6. The molecule has 25 heavy (non-hydrogen) atoms. The number of hydrogen-bond acceptors (Lipinski definition) is 2. The maximum atomic E-state index is 10.7. The van der Waals surface area contributed by atoms with E-state index in [4.69, 9.17) is 0 Å². The summed E-state index contributed by atoms with van der Waals surface area (Å²) in [7, 11) is 0. The smallest absolute Gasteiger partial charge is 0.258 e. The van der Waals surface area contributed by atoms with Crippen LogP contribution in [0.5, 0.6) is 0 Å². The van der Waals surface area contributed by atoms with Gasteiger partial charge in [0.1, 0.15) is 0 Å². The predicted octanol–water partition coefficient (Wildman–Crippen LogP) is 5.32. The number of nitro groups is 1. The monoisotopic (exact) mass is 331 g/mol. The van der Waals surface area contributed by atoms with E-state index in [1.807, 2.05) is 0 Å². The molecule has 0 atom stereocenters. The molecule has 0 bridgehead atoms. The highest BCUT2D eigenvalue weighted by Gasteiger charge is 2.19. The Kier molecular flexibility index (Phi) is 5.70. The van der Waals surface area contributed by atoms with Crippen LogP contribution in [-0.4, -0.2) is 4.92 Å². The Balaban J connectivity index is 1.38. The van der Waals surface area contributed by atoms with Crippen LogP contribution in [0.25, 0.3) is 0 Å². The van der Waals surface area contributed by atoms with Gasteiger partial charge in [-0.3, -0.25) is 10.1 Å². The first-order valence-corrected chi connectivity index (χ1v) is 8.86. The number of rotatable bonds is 4. The van der Waals surface area contributed by atoms with Crippen molar-refractivity contribution in [2.45, 2.75) is 51.4 Å². The van der Waals surface area contributed by atoms with Crippen LogP contribution < -0.4 is 0 Å². The van der Waals surface area contributed by atoms with Crippen LogP contribution in [0.2, 0.25) is 0 Å². The summed E-state index contributed by atoms with van der Waals surface area (Å²) in [5, 5.41) is 10.7. The molecule has 0 unspecified atom stereocenters. The van der Waals surface area contributed by atoms with Gasteiger partial charge in [0, 0.05) is 36.1 Å². The number of nitrogens with zero attached hydrogens (tertiary/aromatic N) is 1. The van der Waals surface area contributed by atoms with Gasteiger partial charge in [0.15, 0.2) is 0 Å². The van der Waals surface area contributed by atoms with Gasteiger partial charge in [-0.1, -0.05) is 35.3 Å². The molecule has 3 heteroatoms. The second-order valence-corrected chi connectivity index (χ2v) is 6.42. The van der Waals surface area contributed by atoms with Gasteiger partial charge in [-0.05, 0) is 56.2 Å². The molecule has 0 heterocycles. The molecule has 0 N–H and O–H groups in total. The first kappa shape index (κ1) is 17.1. The molecule has 3 rings (SSSR count). The van der Waals surface area contributed by atoms with Crippen molar-refractivity contribution in [1.29, 1.82) is 0 Å². The molecular formula is C22H21NO2. The van der Waals surface area contributed by atoms with Gasteiger partial charge in [-0.15, -0.1) is 0 Å². The first-order valence-electron chi connectivity index (χ1n) is 8.86. The Bertz CT molecular complexity index is 853. The van der Waals surface area contributed by atoms with E-state index < -0.39 is 4.92 Å². The van der Waals surface area contributed by atoms with E-state index in [0.29, 0.717) is 5.56 Å². The van der Waals surface area contributed by atoms with Crippen LogP contribution >= 0.6 is 0 Å². The van der Waals surface area contributed by atoms with Gasteiger partial charge in [-0.25, -0.2) is 0 Å². The lowest BCUT2D eigenvalue weighted by atomic mass is 9.80. The van der Waals surface area contributed by atoms with Crippen molar-refractivity contribution < 1.29 is 4.92 Å². The van der Waals surface area contributed by atoms with Crippen molar-refractivity contribution in [3.63, 3.8) is 0 Å². The number of hydrogen-bond donors (Lipinski definition) is 0. The summed E-state index contributed by atoms with van der Waals surface area (Å²) in [5.74, 6) is 12.7. The SMILES string of the molecule is O=[N+]([O-])c1cccc(C#CCCCCC#CC2=CC3=C(CC2)CC3)c1. The molecule has 3 nitrogen and oxygen atoms in total. The van der Waals surface area contributed by atoms with Gasteiger partial charge >= 0.3 is 0 Å². The van der Waals surface area contributed by atoms with E-state index >= 15 is 0 Å². The molecule has 126 valence electrons. The maximum absolute atomic E-state index is 10.7. The van der Waals surface area contributed by atoms with Gasteiger partial charge in [0.25, 0.3) is 5.69 Å². The number of benzene rings is 1. The molecule has 0 aliphatic heterocycles. The lowest BCUT2D eigenvalue weighted by Gasteiger charge is -2.25. The zero-order valence-electron chi connectivity index (χ0n) is 14.3. The third-order valence-corrected chi connectivity index (χ3v) is 4.59. The van der Waals surface area contributed by atoms with Gasteiger partial charge in [-0.2, -0.15) is 0 Å². The average molecular weight is 331 g/mol. The molecule has 2 aliphatic carbocycles. The summed E-state index contributed by atoms with van der Waals surface area (Å²) in [6.45, 7) is 0. The number of non-ortho nitro benzene ring substituents is 1. The lowest BCUT2D eigenvalue weighted by molar-refractivity contribution is -0.384. The first-order chi connectivity index (χ1) is 12.2. The van der Waals surface area contributed by atoms with Crippen LogP contribution in [0.15, 0.2) is 47.1 Å². The molecule has 1 aromatic carbocycles. The maximum Gasteiger partial charge on any atom is 0.270 e. The van der Waals surface area contributed by atoms with Gasteiger partial charge in [0.05, 0.1) is 4.92 Å². The van der Waals surface area contributed by atoms with Gasteiger partial charge in [0.2, 0.25) is 0 Å². The molecule has 0 fully saturated rings. The summed E-state index contributed by atoms with van der Waals surface area (Å²) in [6.07, 6.45) is 10.9. The van der Waals surface area contributed by atoms with E-state index in [0.717, 1.165) is 32.1 Å². The minimum absolute atomic E-state index is 0.0869. The quantitative estimate of drug-likeness (QED) is 0.324. The van der Waals surface area contributed by atoms with Crippen LogP contribution in [-0.2, 0) is 0 Å². The Hall–Kier alpha value is -2.78. The minimum Gasteiger partial charge on any atom is -0.258 e. The summed E-state index contributed by atoms with van der Waals surface area (Å²) in [6, 6.07) is 6.46. The molecule has 0 spiro atoms. The molecule has 0 radical (unpaired) electrons. The minimum atomic E-state index is -0.395. The van der Waals surface area contributed by atoms with E-state index in [9.17, 15) is 10.1 Å². The summed E-state index contributed by atoms with van der Waals surface area (Å²) >= 11 is 0. The summed E-state index contributed by atoms with van der Waals surface area (Å²) in [5.41, 5.74) is 5.26. The summed E-state index contributed by atoms with van der Waals surface area (Å²) in [4.78, 5) is 10.3. The second kappa shape index (κ2) is 8.36. The largest absolute Gasteiger partial charge is 0.270 e. The fourth-order valence-electron chi connectivity index (χ4n) is 3.04. The molecule has 2 aliphatic rings. The molecule has 0 saturated carbocycles. The van der Waals surface area contributed by atoms with Crippen molar-refractivity contribution in [2.75, 3.05) is 0 Å². The highest BCUT2D eigenvalue weighted by Crippen LogP contribution is 2.37. The Labute approximate surface area is 149 Å². The van der Waals surface area contributed by atoms with E-state index in [1.54, 1.807) is 17.7 Å². The predicted molar refractivity (Wildman–Crippen MR) is 99.8 cm³/mol. The zero-order valence-corrected chi connectivity index (χ0v) is 14.3. The Morgan fingerprint density at radius 1 is 1.00 bits per heavy atom. The standard InChI is InChI=1S/C22H21NO2/c24-23(25)22-11-7-10-18(17-22)8-5-3-1-2-4-6-9-19-12-13-20-14-15-21(20)16-19/h7,10-11,16-17H,1-4,12-15H2. The van der Waals surface area contributed by atoms with Crippen LogP contribution in [0, 0.1) is 33.8 Å². The third kappa shape index (κ3) is 4.85. The molecule has 0 amide bonds. The fraction of sp³-hybridized carbons (Fsp3) is 0.364. The third-order valence-electron chi connectivity index (χ3n) is 4.59. The van der Waals surface area contributed by atoms with Crippen molar-refractivity contribution in [3.05, 3.63) is 62.7 Å². The highest BCUT2D eigenvalue weighted by molar-refractivity contribution is 5.46. The average Bonchev–Trinajstić information content (AvgIpc) is 2.59. The number of unbranched alkanes of at least 4 members (excludes halogenated alkanes) is 3. The number of nitro benzene ring substituents is 1. The zero-order chi connectivity index (χ0) is 17.5. The van der Waals surface area contributed by atoms with Crippen molar-refractivity contribution in [3.8, 4) is 23.7 Å². The van der Waals surface area contributed by atoms with E-state index in [2.05, 4.69) is 29.8 Å². The van der Waals surface area contributed by atoms with Crippen molar-refractivity contribution >= 4 is 5.69 Å². The topological polar surface area (TPSA) is 43.1 Å². The lowest BCUT2D eigenvalue weighted by Crippen LogP contribution is -2.07. The second-order valence-electron chi connectivity index (χ2n) is 6.42. The molecule has 0 saturated heterocycles. The normalized spacial score (nSPS) is 15.0. The van der Waals surface area contributed by atoms with Gasteiger partial charge < -0.3 is 0 Å². The van der Waals surface area contributed by atoms with Crippen molar-refractivity contribution in [2.24, 2.45) is 0 Å². The molecule has 0 aromatic heterocycles. The Morgan fingerprint density at radius 3 is 2.44 bits per heavy atom. The Morgan fingerprint density at radius 2 is 1.76 bits per heavy atom. The van der Waals surface area contributed by atoms with E-state index in [-0.39, 0.29) is 5.69 Å². The van der Waals surface area contributed by atoms with Crippen LogP contribution in [0.3, 0.4) is 0 Å². The molecular weight excluding hydrogens is 310 g/mol. The van der Waals surface area contributed by atoms with Crippen molar-refractivity contribution in [1.82, 2.24) is 0 Å². The summed E-state index contributed by atoms with van der Waals surface area (Å²) < 4.78 is 0. The van der Waals surface area contributed by atoms with E-state index in [1.165, 1.54) is 42.5 Å².